The number of hydrogen-bond donors (Lipinski definition) is 2. The van der Waals surface area contributed by atoms with Crippen LogP contribution in [0.4, 0.5) is 0 Å². The summed E-state index contributed by atoms with van der Waals surface area (Å²) >= 11 is 0. The predicted octanol–water partition coefficient (Wildman–Crippen LogP) is 3.63. The Morgan fingerprint density at radius 1 is 1.11 bits per heavy atom. The second kappa shape index (κ2) is 13.7. The molecule has 45 heavy (non-hydrogen) atoms. The number of hydrogen-bond acceptors (Lipinski definition) is 8. The highest BCUT2D eigenvalue weighted by Gasteiger charge is 2.62. The lowest BCUT2D eigenvalue weighted by molar-refractivity contribution is -0.140. The Morgan fingerprint density at radius 3 is 2.51 bits per heavy atom. The molecule has 1 aromatic carbocycles. The van der Waals surface area contributed by atoms with Crippen molar-refractivity contribution in [2.75, 3.05) is 13.6 Å². The van der Waals surface area contributed by atoms with E-state index in [-0.39, 0.29) is 18.2 Å². The number of ether oxygens (including phenoxy) is 1. The molecular weight excluding hydrogens is 594 g/mol. The Hall–Kier alpha value is -3.80. The summed E-state index contributed by atoms with van der Waals surface area (Å²) in [5.41, 5.74) is -0.478. The van der Waals surface area contributed by atoms with Crippen molar-refractivity contribution in [3.63, 3.8) is 0 Å². The van der Waals surface area contributed by atoms with Crippen LogP contribution in [0.25, 0.3) is 11.4 Å². The number of unbranched alkanes of at least 4 members (excludes halogenated alkanes) is 2. The van der Waals surface area contributed by atoms with Crippen molar-refractivity contribution in [3.8, 4) is 17.3 Å². The molecule has 3 saturated carbocycles. The van der Waals surface area contributed by atoms with Crippen molar-refractivity contribution in [1.29, 1.82) is 0 Å². The first-order valence-corrected chi connectivity index (χ1v) is 17.4. The van der Waals surface area contributed by atoms with Gasteiger partial charge in [-0.25, -0.2) is 13.4 Å². The standard InChI is InChI=1S/C33H43N5O6S/c1-4-6-7-11-18-38(3)31(40)27-20-24(44-28-16-17-34-29(35-28)22-12-9-8-10-13-22)19-26(27)30(39)36-33(21-23(33)5-2)32(41)37-45(42,43)25-14-15-25/h4,8-10,12-13,16-17,23-27H,1,5-7,11,14-15,18-21H2,2-3H3,(H,36,39)(H,37,41)/t23-,24-,26-,27-,33-/m1/s1. The van der Waals surface area contributed by atoms with E-state index in [9.17, 15) is 22.8 Å². The van der Waals surface area contributed by atoms with Gasteiger partial charge in [0.15, 0.2) is 5.82 Å². The van der Waals surface area contributed by atoms with Crippen LogP contribution in [0.1, 0.15) is 64.7 Å². The van der Waals surface area contributed by atoms with Gasteiger partial charge in [-0.2, -0.15) is 4.98 Å². The molecule has 0 aliphatic heterocycles. The SMILES string of the molecule is C=CCCCCN(C)C(=O)[C@@H]1C[C@H](Oc2ccnc(-c3ccccc3)n2)C[C@H]1C(=O)N[C@]1(C(=O)NS(=O)(=O)C2CC2)C[C@H]1CC. The number of carbonyl (C=O) groups is 3. The maximum Gasteiger partial charge on any atom is 0.259 e. The lowest BCUT2D eigenvalue weighted by atomic mass is 9.93. The lowest BCUT2D eigenvalue weighted by Crippen LogP contribution is -2.54. The van der Waals surface area contributed by atoms with E-state index in [2.05, 4.69) is 26.6 Å². The maximum atomic E-state index is 13.9. The molecule has 242 valence electrons. The zero-order chi connectivity index (χ0) is 32.2. The molecule has 12 heteroatoms. The molecule has 1 heterocycles. The number of amides is 3. The van der Waals surface area contributed by atoms with E-state index < -0.39 is 50.6 Å². The van der Waals surface area contributed by atoms with Crippen LogP contribution in [0.5, 0.6) is 5.88 Å². The summed E-state index contributed by atoms with van der Waals surface area (Å²) in [4.78, 5) is 51.6. The first kappa shape index (κ1) is 32.6. The van der Waals surface area contributed by atoms with Crippen molar-refractivity contribution in [3.05, 3.63) is 55.3 Å². The van der Waals surface area contributed by atoms with Crippen LogP contribution in [0.3, 0.4) is 0 Å². The Labute approximate surface area is 265 Å². The van der Waals surface area contributed by atoms with Crippen molar-refractivity contribution >= 4 is 27.7 Å². The second-order valence-electron chi connectivity index (χ2n) is 12.5. The van der Waals surface area contributed by atoms with E-state index in [1.807, 2.05) is 43.3 Å². The van der Waals surface area contributed by atoms with Gasteiger partial charge in [-0.3, -0.25) is 19.1 Å². The molecule has 3 aliphatic rings. The Balaban J connectivity index is 1.33. The number of rotatable bonds is 15. The molecule has 0 unspecified atom stereocenters. The molecule has 1 aromatic heterocycles. The highest BCUT2D eigenvalue weighted by atomic mass is 32.2. The smallest absolute Gasteiger partial charge is 0.259 e. The summed E-state index contributed by atoms with van der Waals surface area (Å²) in [6.07, 6.45) is 8.06. The minimum Gasteiger partial charge on any atom is -0.474 e. The van der Waals surface area contributed by atoms with Crippen LogP contribution in [-0.4, -0.2) is 71.5 Å². The summed E-state index contributed by atoms with van der Waals surface area (Å²) in [5.74, 6) is -2.10. The monoisotopic (exact) mass is 637 g/mol. The Morgan fingerprint density at radius 2 is 1.84 bits per heavy atom. The van der Waals surface area contributed by atoms with E-state index in [0.717, 1.165) is 24.8 Å². The topological polar surface area (TPSA) is 148 Å². The zero-order valence-corrected chi connectivity index (χ0v) is 26.8. The van der Waals surface area contributed by atoms with Gasteiger partial charge in [0.1, 0.15) is 11.6 Å². The van der Waals surface area contributed by atoms with Crippen LogP contribution in [0.15, 0.2) is 55.3 Å². The molecule has 3 fully saturated rings. The van der Waals surface area contributed by atoms with Gasteiger partial charge in [-0.1, -0.05) is 49.8 Å². The first-order valence-electron chi connectivity index (χ1n) is 15.9. The highest BCUT2D eigenvalue weighted by Crippen LogP contribution is 2.47. The van der Waals surface area contributed by atoms with Gasteiger partial charge in [0.2, 0.25) is 27.7 Å². The van der Waals surface area contributed by atoms with Gasteiger partial charge in [0, 0.05) is 31.4 Å². The molecular formula is C33H43N5O6S. The van der Waals surface area contributed by atoms with Gasteiger partial charge in [-0.15, -0.1) is 6.58 Å². The quantitative estimate of drug-likeness (QED) is 0.222. The van der Waals surface area contributed by atoms with Crippen molar-refractivity contribution < 1.29 is 27.5 Å². The number of carbonyl (C=O) groups excluding carboxylic acids is 3. The Kier molecular flexibility index (Phi) is 9.91. The third-order valence-corrected chi connectivity index (χ3v) is 11.0. The summed E-state index contributed by atoms with van der Waals surface area (Å²) in [6, 6.07) is 11.2. The number of benzene rings is 1. The van der Waals surface area contributed by atoms with E-state index in [0.29, 0.717) is 50.4 Å². The molecule has 2 aromatic rings. The minimum absolute atomic E-state index is 0.162. The summed E-state index contributed by atoms with van der Waals surface area (Å²) in [6.45, 7) is 6.19. The van der Waals surface area contributed by atoms with Crippen LogP contribution in [0.2, 0.25) is 0 Å². The average Bonchev–Trinajstić information content (AvgIpc) is 3.96. The number of nitrogens with one attached hydrogen (secondary N) is 2. The number of nitrogens with zero attached hydrogens (tertiary/aromatic N) is 3. The van der Waals surface area contributed by atoms with Gasteiger partial charge in [-0.05, 0) is 57.3 Å². The normalized spacial score (nSPS) is 25.6. The van der Waals surface area contributed by atoms with Crippen molar-refractivity contribution in [2.24, 2.45) is 17.8 Å². The maximum absolute atomic E-state index is 13.9. The first-order chi connectivity index (χ1) is 21.6. The predicted molar refractivity (Wildman–Crippen MR) is 169 cm³/mol. The zero-order valence-electron chi connectivity index (χ0n) is 26.0. The summed E-state index contributed by atoms with van der Waals surface area (Å²) in [7, 11) is -2.04. The van der Waals surface area contributed by atoms with Gasteiger partial charge in [0.05, 0.1) is 17.1 Å². The van der Waals surface area contributed by atoms with E-state index in [1.54, 1.807) is 24.2 Å². The third-order valence-electron chi connectivity index (χ3n) is 9.20. The van der Waals surface area contributed by atoms with E-state index in [4.69, 9.17) is 4.74 Å². The second-order valence-corrected chi connectivity index (χ2v) is 14.5. The average molecular weight is 638 g/mol. The number of sulfonamides is 1. The third kappa shape index (κ3) is 7.54. The molecule has 0 radical (unpaired) electrons. The summed E-state index contributed by atoms with van der Waals surface area (Å²) < 4.78 is 33.6. The Bertz CT molecular complexity index is 1510. The van der Waals surface area contributed by atoms with Gasteiger partial charge < -0.3 is 15.0 Å². The van der Waals surface area contributed by atoms with Crippen LogP contribution >= 0.6 is 0 Å². The van der Waals surface area contributed by atoms with Gasteiger partial charge in [0.25, 0.3) is 5.91 Å². The number of aromatic nitrogens is 2. The minimum atomic E-state index is -3.78. The van der Waals surface area contributed by atoms with E-state index >= 15 is 0 Å². The van der Waals surface area contributed by atoms with E-state index in [1.165, 1.54) is 0 Å². The van der Waals surface area contributed by atoms with Crippen molar-refractivity contribution in [2.45, 2.75) is 81.6 Å². The molecule has 5 atom stereocenters. The van der Waals surface area contributed by atoms with Crippen molar-refractivity contribution in [1.82, 2.24) is 24.9 Å². The fourth-order valence-corrected chi connectivity index (χ4v) is 7.65. The number of allylic oxidation sites excluding steroid dienone is 1. The van der Waals surface area contributed by atoms with Gasteiger partial charge >= 0.3 is 0 Å². The molecule has 3 amide bonds. The highest BCUT2D eigenvalue weighted by molar-refractivity contribution is 7.91. The summed E-state index contributed by atoms with van der Waals surface area (Å²) in [5, 5.41) is 2.35. The molecule has 0 bridgehead atoms. The molecule has 3 aliphatic carbocycles. The van der Waals surface area contributed by atoms with Crippen LogP contribution < -0.4 is 14.8 Å². The molecule has 11 nitrogen and oxygen atoms in total. The van der Waals surface area contributed by atoms with Crippen LogP contribution in [0, 0.1) is 17.8 Å². The molecule has 0 saturated heterocycles. The fourth-order valence-electron chi connectivity index (χ4n) is 6.29. The molecule has 5 rings (SSSR count). The molecule has 0 spiro atoms. The largest absolute Gasteiger partial charge is 0.474 e. The fraction of sp³-hybridized carbons (Fsp3) is 0.545. The molecule has 2 N–H and O–H groups in total. The lowest BCUT2D eigenvalue weighted by Gasteiger charge is -2.26. The van der Waals surface area contributed by atoms with Crippen LogP contribution in [-0.2, 0) is 24.4 Å².